The number of carbonyl (C=O) groups is 1. The van der Waals surface area contributed by atoms with E-state index < -0.39 is 6.09 Å². The molecule has 4 aliphatic rings. The fraction of sp³-hybridized carbons (Fsp3) is 0.333. The SMILES string of the molecule is C=C1C2=CC3=C(COC(=O)N3O)C(=[Se])B2C/C1=C(\CNC(C)C)c1cc2c(cc1C)OCO2. The Morgan fingerprint density at radius 1 is 1.30 bits per heavy atom. The van der Waals surface area contributed by atoms with Crippen LogP contribution in [-0.4, -0.2) is 69.0 Å². The number of nitrogens with zero attached hydrogens (tertiary/aromatic N) is 1. The van der Waals surface area contributed by atoms with E-state index in [1.807, 2.05) is 12.1 Å². The van der Waals surface area contributed by atoms with E-state index in [1.165, 1.54) is 5.57 Å². The number of ether oxygens (including phenoxy) is 3. The van der Waals surface area contributed by atoms with Gasteiger partial charge in [-0.1, -0.05) is 0 Å². The Kier molecular flexibility index (Phi) is 5.61. The van der Waals surface area contributed by atoms with E-state index in [-0.39, 0.29) is 20.1 Å². The van der Waals surface area contributed by atoms with Crippen LogP contribution in [0.25, 0.3) is 5.57 Å². The summed E-state index contributed by atoms with van der Waals surface area (Å²) >= 11 is 3.17. The van der Waals surface area contributed by atoms with Gasteiger partial charge < -0.3 is 0 Å². The summed E-state index contributed by atoms with van der Waals surface area (Å²) in [5.41, 5.74) is 7.72. The Hall–Kier alpha value is -2.58. The standard InChI is InChI=1S/C24H25BN2O5Se/c1-12(2)26-9-17(15-6-22-21(5-13(15)3)31-11-32-22)16-8-25-19(14(16)4)7-20-18(23(25)33)10-30-24(28)27(20)29/h5-7,12,26,29H,4,8-11H2,1-3H3/b17-16-. The average Bonchev–Trinajstić information content (AvgIpc) is 3.36. The Morgan fingerprint density at radius 2 is 2.03 bits per heavy atom. The predicted molar refractivity (Wildman–Crippen MR) is 128 cm³/mol. The number of hydrogen-bond donors (Lipinski definition) is 2. The van der Waals surface area contributed by atoms with Crippen LogP contribution in [0, 0.1) is 6.92 Å². The van der Waals surface area contributed by atoms with Gasteiger partial charge >= 0.3 is 201 Å². The first kappa shape index (κ1) is 22.2. The molecule has 1 saturated heterocycles. The molecule has 2 N–H and O–H groups in total. The number of cyclic esters (lactones) is 1. The van der Waals surface area contributed by atoms with Gasteiger partial charge in [-0.25, -0.2) is 0 Å². The van der Waals surface area contributed by atoms with Gasteiger partial charge in [0.15, 0.2) is 0 Å². The van der Waals surface area contributed by atoms with Crippen LogP contribution in [0.15, 0.2) is 52.7 Å². The van der Waals surface area contributed by atoms with Gasteiger partial charge in [0.05, 0.1) is 0 Å². The third-order valence-corrected chi connectivity index (χ3v) is 7.66. The van der Waals surface area contributed by atoms with E-state index in [0.717, 1.165) is 55.5 Å². The van der Waals surface area contributed by atoms with Crippen LogP contribution < -0.4 is 14.8 Å². The molecule has 1 fully saturated rings. The summed E-state index contributed by atoms with van der Waals surface area (Å²) < 4.78 is 17.3. The summed E-state index contributed by atoms with van der Waals surface area (Å²) in [5.74, 6) is 1.51. The molecule has 0 saturated carbocycles. The first-order valence-electron chi connectivity index (χ1n) is 11.0. The predicted octanol–water partition coefficient (Wildman–Crippen LogP) is 2.99. The van der Waals surface area contributed by atoms with Gasteiger partial charge in [-0.05, 0) is 0 Å². The second-order valence-corrected chi connectivity index (χ2v) is 9.87. The van der Waals surface area contributed by atoms with Crippen molar-refractivity contribution in [1.82, 2.24) is 10.4 Å². The summed E-state index contributed by atoms with van der Waals surface area (Å²) in [6, 6.07) is 4.39. The number of carbonyl (C=O) groups excluding carboxylic acids is 1. The van der Waals surface area contributed by atoms with Gasteiger partial charge in [-0.3, -0.25) is 0 Å². The van der Waals surface area contributed by atoms with Crippen molar-refractivity contribution in [3.05, 3.63) is 63.8 Å². The van der Waals surface area contributed by atoms with Crippen molar-refractivity contribution in [1.29, 1.82) is 0 Å². The molecule has 0 aromatic heterocycles. The fourth-order valence-corrected chi connectivity index (χ4v) is 5.57. The van der Waals surface area contributed by atoms with Gasteiger partial charge in [0.2, 0.25) is 0 Å². The summed E-state index contributed by atoms with van der Waals surface area (Å²) in [7, 11) is 0. The minimum atomic E-state index is -0.769. The Bertz CT molecular complexity index is 1200. The van der Waals surface area contributed by atoms with Gasteiger partial charge in [0.25, 0.3) is 0 Å². The van der Waals surface area contributed by atoms with Gasteiger partial charge in [-0.15, -0.1) is 0 Å². The Balaban J connectivity index is 1.61. The molecule has 0 spiro atoms. The molecule has 0 aliphatic carbocycles. The van der Waals surface area contributed by atoms with E-state index in [4.69, 9.17) is 14.2 Å². The summed E-state index contributed by atoms with van der Waals surface area (Å²) in [4.78, 5) is 11.9. The molecule has 5 rings (SSSR count). The molecule has 170 valence electrons. The van der Waals surface area contributed by atoms with E-state index in [9.17, 15) is 10.0 Å². The number of rotatable bonds is 4. The van der Waals surface area contributed by atoms with Crippen LogP contribution in [0.1, 0.15) is 25.0 Å². The first-order chi connectivity index (χ1) is 15.8. The zero-order valence-corrected chi connectivity index (χ0v) is 20.6. The number of aryl methyl sites for hydroxylation is 1. The van der Waals surface area contributed by atoms with Crippen LogP contribution in [-0.2, 0) is 4.74 Å². The molecule has 0 bridgehead atoms. The van der Waals surface area contributed by atoms with Crippen molar-refractivity contribution in [3.8, 4) is 11.5 Å². The molecule has 1 aromatic rings. The number of nitrogens with one attached hydrogen (secondary N) is 1. The fourth-order valence-electron chi connectivity index (χ4n) is 4.79. The van der Waals surface area contributed by atoms with Crippen molar-refractivity contribution in [3.63, 3.8) is 0 Å². The number of hydrogen-bond acceptors (Lipinski definition) is 6. The summed E-state index contributed by atoms with van der Waals surface area (Å²) in [6.07, 6.45) is 1.87. The second-order valence-electron chi connectivity index (χ2n) is 8.94. The average molecular weight is 511 g/mol. The molecule has 0 unspecified atom stereocenters. The van der Waals surface area contributed by atoms with Crippen LogP contribution in [0.5, 0.6) is 11.5 Å². The third-order valence-electron chi connectivity index (χ3n) is 6.55. The van der Waals surface area contributed by atoms with Crippen molar-refractivity contribution in [2.75, 3.05) is 19.9 Å². The van der Waals surface area contributed by atoms with E-state index >= 15 is 0 Å². The first-order valence-corrected chi connectivity index (χ1v) is 11.8. The molecule has 1 aromatic carbocycles. The molecular weight excluding hydrogens is 486 g/mol. The molecule has 7 nitrogen and oxygen atoms in total. The summed E-state index contributed by atoms with van der Waals surface area (Å²) in [5, 5.41) is 14.4. The van der Waals surface area contributed by atoms with Crippen molar-refractivity contribution < 1.29 is 24.2 Å². The summed E-state index contributed by atoms with van der Waals surface area (Å²) in [6.45, 7) is 11.9. The van der Waals surface area contributed by atoms with Crippen molar-refractivity contribution in [2.24, 2.45) is 0 Å². The number of benzene rings is 1. The van der Waals surface area contributed by atoms with Gasteiger partial charge in [0.1, 0.15) is 0 Å². The molecular formula is C24H25BN2O5Se. The minimum absolute atomic E-state index is 0.0832. The monoisotopic (exact) mass is 512 g/mol. The van der Waals surface area contributed by atoms with Crippen molar-refractivity contribution in [2.45, 2.75) is 33.1 Å². The molecule has 1 amide bonds. The number of amides is 1. The third kappa shape index (κ3) is 3.69. The zero-order chi connectivity index (χ0) is 23.4. The van der Waals surface area contributed by atoms with Gasteiger partial charge in [-0.2, -0.15) is 0 Å². The molecule has 9 heteroatoms. The molecule has 0 atom stereocenters. The van der Waals surface area contributed by atoms with Crippen LogP contribution in [0.2, 0.25) is 6.32 Å². The molecule has 0 radical (unpaired) electrons. The van der Waals surface area contributed by atoms with E-state index in [2.05, 4.69) is 54.3 Å². The van der Waals surface area contributed by atoms with E-state index in [0.29, 0.717) is 23.3 Å². The number of fused-ring (bicyclic) bond motifs is 2. The topological polar surface area (TPSA) is 80.3 Å². The van der Waals surface area contributed by atoms with Crippen molar-refractivity contribution >= 4 is 38.3 Å². The number of allylic oxidation sites excluding steroid dienone is 4. The van der Waals surface area contributed by atoms with Gasteiger partial charge in [0, 0.05) is 0 Å². The molecule has 4 heterocycles. The maximum absolute atomic E-state index is 11.9. The Labute approximate surface area is 201 Å². The maximum atomic E-state index is 11.9. The van der Waals surface area contributed by atoms with E-state index in [1.54, 1.807) is 0 Å². The van der Waals surface area contributed by atoms with Crippen LogP contribution in [0.4, 0.5) is 4.79 Å². The normalized spacial score (nSPS) is 20.9. The second kappa shape index (κ2) is 8.33. The number of hydroxylamine groups is 2. The molecule has 4 aliphatic heterocycles. The van der Waals surface area contributed by atoms with Crippen LogP contribution in [0.3, 0.4) is 0 Å². The quantitative estimate of drug-likeness (QED) is 0.478. The Morgan fingerprint density at radius 3 is 2.76 bits per heavy atom. The van der Waals surface area contributed by atoms with Crippen LogP contribution >= 0.6 is 0 Å². The zero-order valence-electron chi connectivity index (χ0n) is 18.9. The molecule has 33 heavy (non-hydrogen) atoms.